The van der Waals surface area contributed by atoms with Crippen molar-refractivity contribution in [1.82, 2.24) is 4.98 Å². The number of anilines is 1. The molecule has 2 rings (SSSR count). The van der Waals surface area contributed by atoms with Gasteiger partial charge < -0.3 is 10.5 Å². The molecule has 0 amide bonds. The second-order valence-electron chi connectivity index (χ2n) is 3.97. The van der Waals surface area contributed by atoms with Crippen molar-refractivity contribution >= 4 is 17.0 Å². The van der Waals surface area contributed by atoms with Crippen molar-refractivity contribution in [2.75, 3.05) is 18.9 Å². The highest BCUT2D eigenvalue weighted by atomic mass is 32.1. The number of aromatic nitrogens is 1. The van der Waals surface area contributed by atoms with Crippen LogP contribution in [-0.2, 0) is 11.2 Å². The van der Waals surface area contributed by atoms with Crippen molar-refractivity contribution in [3.8, 4) is 11.3 Å². The van der Waals surface area contributed by atoms with E-state index >= 15 is 0 Å². The van der Waals surface area contributed by atoms with Gasteiger partial charge in [0.25, 0.3) is 6.43 Å². The van der Waals surface area contributed by atoms with Gasteiger partial charge in [0.2, 0.25) is 0 Å². The van der Waals surface area contributed by atoms with Crippen LogP contribution in [0.1, 0.15) is 5.01 Å². The maximum absolute atomic E-state index is 11.9. The number of rotatable bonds is 6. The Morgan fingerprint density at radius 3 is 2.95 bits per heavy atom. The predicted molar refractivity (Wildman–Crippen MR) is 72.5 cm³/mol. The van der Waals surface area contributed by atoms with E-state index in [9.17, 15) is 8.78 Å². The molecule has 0 saturated heterocycles. The molecule has 0 aliphatic heterocycles. The van der Waals surface area contributed by atoms with Crippen LogP contribution in [0.4, 0.5) is 14.5 Å². The fourth-order valence-corrected chi connectivity index (χ4v) is 2.38. The van der Waals surface area contributed by atoms with Gasteiger partial charge in [0, 0.05) is 23.1 Å². The second kappa shape index (κ2) is 6.58. The zero-order chi connectivity index (χ0) is 13.7. The minimum absolute atomic E-state index is 0.258. The van der Waals surface area contributed by atoms with E-state index in [4.69, 9.17) is 10.5 Å². The summed E-state index contributed by atoms with van der Waals surface area (Å²) in [5.74, 6) is 0. The Labute approximate surface area is 114 Å². The molecule has 102 valence electrons. The smallest absolute Gasteiger partial charge is 0.261 e. The second-order valence-corrected chi connectivity index (χ2v) is 4.91. The summed E-state index contributed by atoms with van der Waals surface area (Å²) in [5.41, 5.74) is 8.20. The van der Waals surface area contributed by atoms with Gasteiger partial charge in [0.1, 0.15) is 6.61 Å². The molecule has 0 unspecified atom stereocenters. The summed E-state index contributed by atoms with van der Waals surface area (Å²) in [6, 6.07) is 7.47. The Morgan fingerprint density at radius 1 is 1.37 bits per heavy atom. The first-order chi connectivity index (χ1) is 9.15. The predicted octanol–water partition coefficient (Wildman–Crippen LogP) is 3.22. The van der Waals surface area contributed by atoms with E-state index < -0.39 is 13.0 Å². The molecule has 0 spiro atoms. The molecule has 6 heteroatoms. The number of nitrogen functional groups attached to an aromatic ring is 1. The molecule has 2 N–H and O–H groups in total. The molecule has 0 radical (unpaired) electrons. The highest BCUT2D eigenvalue weighted by Crippen LogP contribution is 2.23. The molecule has 0 bridgehead atoms. The standard InChI is InChI=1S/C13H14F2N2OS/c14-12(15)7-18-5-4-13-17-11(8-19-13)9-2-1-3-10(16)6-9/h1-3,6,8,12H,4-5,7,16H2. The van der Waals surface area contributed by atoms with E-state index in [1.54, 1.807) is 0 Å². The third-order valence-electron chi connectivity index (χ3n) is 2.44. The lowest BCUT2D eigenvalue weighted by Crippen LogP contribution is -2.06. The summed E-state index contributed by atoms with van der Waals surface area (Å²) in [6.07, 6.45) is -1.88. The molecule has 0 atom stereocenters. The van der Waals surface area contributed by atoms with E-state index in [0.29, 0.717) is 12.1 Å². The average molecular weight is 284 g/mol. The van der Waals surface area contributed by atoms with Crippen molar-refractivity contribution in [1.29, 1.82) is 0 Å². The number of halogens is 2. The molecule has 1 aromatic carbocycles. The highest BCUT2D eigenvalue weighted by molar-refractivity contribution is 7.09. The molecule has 0 aliphatic rings. The van der Waals surface area contributed by atoms with Gasteiger partial charge in [-0.3, -0.25) is 0 Å². The van der Waals surface area contributed by atoms with E-state index in [-0.39, 0.29) is 6.61 Å². The van der Waals surface area contributed by atoms with Gasteiger partial charge in [-0.2, -0.15) is 0 Å². The number of alkyl halides is 2. The van der Waals surface area contributed by atoms with Gasteiger partial charge in [-0.1, -0.05) is 12.1 Å². The van der Waals surface area contributed by atoms with Crippen LogP contribution >= 0.6 is 11.3 Å². The molecule has 0 saturated carbocycles. The number of thiazole rings is 1. The zero-order valence-corrected chi connectivity index (χ0v) is 11.0. The zero-order valence-electron chi connectivity index (χ0n) is 10.2. The van der Waals surface area contributed by atoms with Crippen LogP contribution in [0.5, 0.6) is 0 Å². The van der Waals surface area contributed by atoms with Gasteiger partial charge >= 0.3 is 0 Å². The maximum atomic E-state index is 11.9. The Hall–Kier alpha value is -1.53. The minimum atomic E-state index is -2.42. The van der Waals surface area contributed by atoms with E-state index in [1.165, 1.54) is 11.3 Å². The molecule has 2 aromatic rings. The summed E-state index contributed by atoms with van der Waals surface area (Å²) in [5, 5.41) is 2.80. The first-order valence-electron chi connectivity index (χ1n) is 5.81. The van der Waals surface area contributed by atoms with Crippen LogP contribution < -0.4 is 5.73 Å². The summed E-state index contributed by atoms with van der Waals surface area (Å²) in [7, 11) is 0. The van der Waals surface area contributed by atoms with Gasteiger partial charge in [0.15, 0.2) is 0 Å². The Kier molecular flexibility index (Phi) is 4.81. The molecule has 1 heterocycles. The third kappa shape index (κ3) is 4.25. The van der Waals surface area contributed by atoms with E-state index in [2.05, 4.69) is 4.98 Å². The number of hydrogen-bond acceptors (Lipinski definition) is 4. The largest absolute Gasteiger partial charge is 0.399 e. The van der Waals surface area contributed by atoms with E-state index in [0.717, 1.165) is 16.3 Å². The van der Waals surface area contributed by atoms with Crippen LogP contribution in [0.25, 0.3) is 11.3 Å². The van der Waals surface area contributed by atoms with Crippen LogP contribution in [-0.4, -0.2) is 24.6 Å². The van der Waals surface area contributed by atoms with Crippen molar-refractivity contribution in [2.24, 2.45) is 0 Å². The number of hydrogen-bond donors (Lipinski definition) is 1. The van der Waals surface area contributed by atoms with E-state index in [1.807, 2.05) is 29.6 Å². The summed E-state index contributed by atoms with van der Waals surface area (Å²) in [6.45, 7) is -0.262. The SMILES string of the molecule is Nc1cccc(-c2csc(CCOCC(F)F)n2)c1. The average Bonchev–Trinajstić information content (AvgIpc) is 2.83. The molecule has 0 fully saturated rings. The lowest BCUT2D eigenvalue weighted by Gasteiger charge is -2.01. The van der Waals surface area contributed by atoms with Crippen molar-refractivity contribution in [3.05, 3.63) is 34.7 Å². The Bertz CT molecular complexity index is 531. The fourth-order valence-electron chi connectivity index (χ4n) is 1.59. The van der Waals surface area contributed by atoms with Crippen LogP contribution in [0.2, 0.25) is 0 Å². The third-order valence-corrected chi connectivity index (χ3v) is 3.35. The first kappa shape index (κ1) is 13.9. The number of nitrogens with two attached hydrogens (primary N) is 1. The van der Waals surface area contributed by atoms with Gasteiger partial charge in [-0.05, 0) is 12.1 Å². The van der Waals surface area contributed by atoms with Crippen LogP contribution in [0, 0.1) is 0 Å². The maximum Gasteiger partial charge on any atom is 0.261 e. The quantitative estimate of drug-likeness (QED) is 0.654. The molecule has 0 aliphatic carbocycles. The normalized spacial score (nSPS) is 11.1. The Balaban J connectivity index is 1.92. The van der Waals surface area contributed by atoms with Gasteiger partial charge in [-0.25, -0.2) is 13.8 Å². The number of ether oxygens (including phenoxy) is 1. The van der Waals surface area contributed by atoms with Gasteiger partial charge in [0.05, 0.1) is 17.3 Å². The minimum Gasteiger partial charge on any atom is -0.399 e. The summed E-state index contributed by atoms with van der Waals surface area (Å²) >= 11 is 1.49. The number of nitrogens with zero attached hydrogens (tertiary/aromatic N) is 1. The molecule has 1 aromatic heterocycles. The molecular weight excluding hydrogens is 270 g/mol. The molecular formula is C13H14F2N2OS. The van der Waals surface area contributed by atoms with Crippen molar-refractivity contribution in [3.63, 3.8) is 0 Å². The monoisotopic (exact) mass is 284 g/mol. The van der Waals surface area contributed by atoms with Crippen molar-refractivity contribution in [2.45, 2.75) is 12.8 Å². The Morgan fingerprint density at radius 2 is 2.21 bits per heavy atom. The number of benzene rings is 1. The van der Waals surface area contributed by atoms with Crippen molar-refractivity contribution < 1.29 is 13.5 Å². The molecule has 19 heavy (non-hydrogen) atoms. The fraction of sp³-hybridized carbons (Fsp3) is 0.308. The van der Waals surface area contributed by atoms with Gasteiger partial charge in [-0.15, -0.1) is 11.3 Å². The highest BCUT2D eigenvalue weighted by Gasteiger charge is 2.06. The first-order valence-corrected chi connectivity index (χ1v) is 6.69. The summed E-state index contributed by atoms with van der Waals surface area (Å²) < 4.78 is 28.6. The van der Waals surface area contributed by atoms with Crippen LogP contribution in [0.15, 0.2) is 29.6 Å². The molecule has 3 nitrogen and oxygen atoms in total. The topological polar surface area (TPSA) is 48.1 Å². The van der Waals surface area contributed by atoms with Crippen LogP contribution in [0.3, 0.4) is 0 Å². The lowest BCUT2D eigenvalue weighted by molar-refractivity contribution is 0.0187. The summed E-state index contributed by atoms with van der Waals surface area (Å²) in [4.78, 5) is 4.43. The lowest BCUT2D eigenvalue weighted by atomic mass is 10.1.